The van der Waals surface area contributed by atoms with Crippen LogP contribution in [-0.4, -0.2) is 0 Å². The van der Waals surface area contributed by atoms with Gasteiger partial charge in [-0.3, -0.25) is 0 Å². The second-order valence-corrected chi connectivity index (χ2v) is 10.3. The molecule has 0 amide bonds. The molecule has 0 saturated carbocycles. The zero-order valence-corrected chi connectivity index (χ0v) is 20.0. The van der Waals surface area contributed by atoms with Gasteiger partial charge in [0, 0.05) is 0 Å². The minimum atomic E-state index is 1.17. The van der Waals surface area contributed by atoms with Gasteiger partial charge in [-0.25, -0.2) is 0 Å². The Hall–Kier alpha value is -3.90. The van der Waals surface area contributed by atoms with E-state index in [1.165, 1.54) is 107 Å². The molecule has 8 aromatic carbocycles. The Morgan fingerprint density at radius 3 is 1.54 bits per heavy atom. The van der Waals surface area contributed by atoms with Crippen molar-refractivity contribution in [3.8, 4) is 0 Å². The Balaban J connectivity index is 1.46. The van der Waals surface area contributed by atoms with E-state index in [-0.39, 0.29) is 0 Å². The summed E-state index contributed by atoms with van der Waals surface area (Å²) in [5, 5.41) is 19.4. The molecule has 0 aliphatic rings. The highest BCUT2D eigenvalue weighted by Crippen LogP contribution is 2.44. The molecule has 0 unspecified atom stereocenters. The van der Waals surface area contributed by atoms with Crippen LogP contribution in [0, 0.1) is 0 Å². The fourth-order valence-corrected chi connectivity index (χ4v) is 6.73. The summed E-state index contributed by atoms with van der Waals surface area (Å²) in [6, 6.07) is 34.9. The van der Waals surface area contributed by atoms with Crippen molar-refractivity contribution in [2.24, 2.45) is 0 Å². The van der Waals surface area contributed by atoms with Crippen molar-refractivity contribution in [2.45, 2.75) is 32.6 Å². The Morgan fingerprint density at radius 1 is 0.429 bits per heavy atom. The lowest BCUT2D eigenvalue weighted by Crippen LogP contribution is -1.87. The van der Waals surface area contributed by atoms with E-state index in [2.05, 4.69) is 97.9 Å². The Bertz CT molecular complexity index is 1950. The van der Waals surface area contributed by atoms with Crippen molar-refractivity contribution < 1.29 is 0 Å². The van der Waals surface area contributed by atoms with Crippen LogP contribution in [0.4, 0.5) is 0 Å². The van der Waals surface area contributed by atoms with E-state index in [0.717, 1.165) is 0 Å². The molecule has 166 valence electrons. The maximum absolute atomic E-state index is 2.44. The number of hydrogen-bond donors (Lipinski definition) is 0. The third-order valence-electron chi connectivity index (χ3n) is 8.36. The van der Waals surface area contributed by atoms with E-state index in [1.807, 2.05) is 0 Å². The van der Waals surface area contributed by atoms with Gasteiger partial charge in [0.2, 0.25) is 0 Å². The Labute approximate surface area is 204 Å². The van der Waals surface area contributed by atoms with Gasteiger partial charge in [0.25, 0.3) is 0 Å². The molecule has 8 aromatic rings. The SMILES string of the molecule is CCCCCc1ccc2c3cc4cc5c(cc4cc3c3cccc1c32)c1cccc2cccc5c21. The summed E-state index contributed by atoms with van der Waals surface area (Å²) in [6.45, 7) is 2.28. The topological polar surface area (TPSA) is 0 Å². The molecule has 0 fully saturated rings. The van der Waals surface area contributed by atoms with Gasteiger partial charge in [0.1, 0.15) is 0 Å². The van der Waals surface area contributed by atoms with Crippen molar-refractivity contribution in [2.75, 3.05) is 0 Å². The first-order valence-corrected chi connectivity index (χ1v) is 13.0. The number of unbranched alkanes of at least 4 members (excludes halogenated alkanes) is 2. The lowest BCUT2D eigenvalue weighted by atomic mass is 9.97. The standard InChI is InChI=1S/C35H26/c1-2-3-4-8-21-15-16-29-33-20-24-18-31-27-13-6-10-22-9-5-12-26(34(22)27)30(31)17-23(24)19-32(33)28-14-7-11-25(21)35(28)29/h5-7,9-20H,2-4,8H2,1H3. The van der Waals surface area contributed by atoms with Crippen molar-refractivity contribution >= 4 is 75.4 Å². The highest BCUT2D eigenvalue weighted by molar-refractivity contribution is 6.34. The van der Waals surface area contributed by atoms with Crippen molar-refractivity contribution in [3.63, 3.8) is 0 Å². The normalized spacial score (nSPS) is 12.6. The minimum absolute atomic E-state index is 1.17. The monoisotopic (exact) mass is 446 g/mol. The molecule has 0 heteroatoms. The molecule has 0 nitrogen and oxygen atoms in total. The number of aryl methyl sites for hydroxylation is 1. The molecule has 0 atom stereocenters. The second kappa shape index (κ2) is 7.06. The molecule has 0 heterocycles. The fourth-order valence-electron chi connectivity index (χ4n) is 6.73. The first kappa shape index (κ1) is 19.4. The molecule has 0 radical (unpaired) electrons. The third-order valence-corrected chi connectivity index (χ3v) is 8.36. The van der Waals surface area contributed by atoms with Crippen LogP contribution in [0.3, 0.4) is 0 Å². The van der Waals surface area contributed by atoms with Gasteiger partial charge in [-0.1, -0.05) is 86.5 Å². The second-order valence-electron chi connectivity index (χ2n) is 10.3. The number of hydrogen-bond acceptors (Lipinski definition) is 0. The largest absolute Gasteiger partial charge is 0.0654 e. The minimum Gasteiger partial charge on any atom is -0.0654 e. The zero-order valence-electron chi connectivity index (χ0n) is 20.0. The molecule has 0 aliphatic heterocycles. The smallest absolute Gasteiger partial charge is 0.00236 e. The summed E-state index contributed by atoms with van der Waals surface area (Å²) in [5.74, 6) is 0. The van der Waals surface area contributed by atoms with Crippen LogP contribution >= 0.6 is 0 Å². The van der Waals surface area contributed by atoms with Crippen LogP contribution in [0.5, 0.6) is 0 Å². The van der Waals surface area contributed by atoms with Gasteiger partial charge in [-0.2, -0.15) is 0 Å². The third kappa shape index (κ3) is 2.57. The van der Waals surface area contributed by atoms with E-state index < -0.39 is 0 Å². The van der Waals surface area contributed by atoms with E-state index in [0.29, 0.717) is 0 Å². The van der Waals surface area contributed by atoms with Crippen molar-refractivity contribution in [3.05, 3.63) is 96.6 Å². The van der Waals surface area contributed by atoms with Gasteiger partial charge in [0.05, 0.1) is 0 Å². The highest BCUT2D eigenvalue weighted by Gasteiger charge is 2.16. The average Bonchev–Trinajstić information content (AvgIpc) is 3.38. The van der Waals surface area contributed by atoms with Crippen molar-refractivity contribution in [1.82, 2.24) is 0 Å². The van der Waals surface area contributed by atoms with E-state index >= 15 is 0 Å². The Kier molecular flexibility index (Phi) is 3.91. The van der Waals surface area contributed by atoms with E-state index in [9.17, 15) is 0 Å². The summed E-state index contributed by atoms with van der Waals surface area (Å²) >= 11 is 0. The predicted octanol–water partition coefficient (Wildman–Crippen LogP) is 10.4. The van der Waals surface area contributed by atoms with Crippen LogP contribution in [0.2, 0.25) is 0 Å². The molecule has 0 aliphatic carbocycles. The van der Waals surface area contributed by atoms with Crippen LogP contribution < -0.4 is 0 Å². The molecule has 0 spiro atoms. The van der Waals surface area contributed by atoms with Gasteiger partial charge in [-0.15, -0.1) is 0 Å². The maximum Gasteiger partial charge on any atom is -0.00236 e. The van der Waals surface area contributed by atoms with Gasteiger partial charge >= 0.3 is 0 Å². The molecule has 8 rings (SSSR count). The number of benzene rings is 6. The maximum atomic E-state index is 2.44. The van der Waals surface area contributed by atoms with Crippen molar-refractivity contribution in [1.29, 1.82) is 0 Å². The lowest BCUT2D eigenvalue weighted by molar-refractivity contribution is 0.720. The summed E-state index contributed by atoms with van der Waals surface area (Å²) < 4.78 is 0. The van der Waals surface area contributed by atoms with E-state index in [4.69, 9.17) is 0 Å². The molecule has 0 N–H and O–H groups in total. The molecular formula is C35H26. The lowest BCUT2D eigenvalue weighted by Gasteiger charge is -2.07. The average molecular weight is 447 g/mol. The van der Waals surface area contributed by atoms with Gasteiger partial charge < -0.3 is 0 Å². The quantitative estimate of drug-likeness (QED) is 0.236. The summed E-state index contributed by atoms with van der Waals surface area (Å²) in [4.78, 5) is 0. The summed E-state index contributed by atoms with van der Waals surface area (Å²) in [5.41, 5.74) is 1.50. The van der Waals surface area contributed by atoms with E-state index in [1.54, 1.807) is 0 Å². The zero-order chi connectivity index (χ0) is 23.1. The summed E-state index contributed by atoms with van der Waals surface area (Å²) in [7, 11) is 0. The van der Waals surface area contributed by atoms with Crippen LogP contribution in [0.1, 0.15) is 31.7 Å². The number of fused-ring (bicyclic) bond motifs is 7. The predicted molar refractivity (Wildman–Crippen MR) is 155 cm³/mol. The molecule has 35 heavy (non-hydrogen) atoms. The van der Waals surface area contributed by atoms with Crippen LogP contribution in [0.25, 0.3) is 75.4 Å². The molecule has 0 aromatic heterocycles. The first-order chi connectivity index (χ1) is 17.3. The molecular weight excluding hydrogens is 420 g/mol. The summed E-state index contributed by atoms with van der Waals surface area (Å²) in [6.07, 6.45) is 5.01. The first-order valence-electron chi connectivity index (χ1n) is 13.0. The van der Waals surface area contributed by atoms with Crippen LogP contribution in [-0.2, 0) is 6.42 Å². The van der Waals surface area contributed by atoms with Crippen LogP contribution in [0.15, 0.2) is 91.0 Å². The molecule has 0 bridgehead atoms. The van der Waals surface area contributed by atoms with Gasteiger partial charge in [0.15, 0.2) is 0 Å². The van der Waals surface area contributed by atoms with Gasteiger partial charge in [-0.05, 0) is 118 Å². The molecule has 0 saturated heterocycles. The fraction of sp³-hybridized carbons (Fsp3) is 0.143. The highest BCUT2D eigenvalue weighted by atomic mass is 14.2. The number of rotatable bonds is 4. The Morgan fingerprint density at radius 2 is 0.943 bits per heavy atom.